The van der Waals surface area contributed by atoms with Crippen molar-refractivity contribution in [2.75, 3.05) is 0 Å². The summed E-state index contributed by atoms with van der Waals surface area (Å²) in [6, 6.07) is 0. The van der Waals surface area contributed by atoms with Crippen LogP contribution < -0.4 is 0 Å². The van der Waals surface area contributed by atoms with Gasteiger partial charge in [-0.1, -0.05) is 0 Å². The van der Waals surface area contributed by atoms with Crippen molar-refractivity contribution in [2.24, 2.45) is 0 Å². The third-order valence-corrected chi connectivity index (χ3v) is 0. The van der Waals surface area contributed by atoms with Crippen LogP contribution in [-0.2, 0) is 46.8 Å². The van der Waals surface area contributed by atoms with Gasteiger partial charge in [-0.3, -0.25) is 0 Å². The molecule has 0 aliphatic rings. The van der Waals surface area contributed by atoms with Gasteiger partial charge in [0.05, 0.1) is 0 Å². The van der Waals surface area contributed by atoms with Gasteiger partial charge in [0.2, 0.25) is 0 Å². The topological polar surface area (TPSA) is 0 Å². The van der Waals surface area contributed by atoms with Gasteiger partial charge in [0.15, 0.2) is 0 Å². The SMILES string of the molecule is S.S.[Ca+2].[Cd].[H-].[H-].[Zn]. The minimum absolute atomic E-state index is 0. The molecule has 0 unspecified atom stereocenters. The van der Waals surface area contributed by atoms with Crippen molar-refractivity contribution in [1.29, 1.82) is 0 Å². The molecule has 0 saturated heterocycles. The van der Waals surface area contributed by atoms with Gasteiger partial charge in [-0.05, 0) is 0 Å². The van der Waals surface area contributed by atoms with Crippen molar-refractivity contribution < 1.29 is 49.6 Å². The monoisotopic (exact) mass is 288 g/mol. The zero-order valence-corrected chi connectivity index (χ0v) is 14.3. The molecule has 0 aliphatic carbocycles. The molecule has 0 heterocycles. The Balaban J connectivity index is 0. The second-order valence-corrected chi connectivity index (χ2v) is 0. The van der Waals surface area contributed by atoms with Crippen molar-refractivity contribution in [3.63, 3.8) is 0 Å². The van der Waals surface area contributed by atoms with Gasteiger partial charge in [0, 0.05) is 46.8 Å². The van der Waals surface area contributed by atoms with Crippen LogP contribution in [0.25, 0.3) is 0 Å². The van der Waals surface area contributed by atoms with Crippen molar-refractivity contribution in [3.8, 4) is 0 Å². The summed E-state index contributed by atoms with van der Waals surface area (Å²) in [5, 5.41) is 0. The average Bonchev–Trinajstić information content (AvgIpc) is 0. The molecular weight excluding hydrogens is 282 g/mol. The van der Waals surface area contributed by atoms with Crippen molar-refractivity contribution in [3.05, 3.63) is 0 Å². The maximum atomic E-state index is 0. The third kappa shape index (κ3) is 18.5. The fourth-order valence-corrected chi connectivity index (χ4v) is 0. The van der Waals surface area contributed by atoms with E-state index in [1.54, 1.807) is 0 Å². The summed E-state index contributed by atoms with van der Waals surface area (Å²) in [6.45, 7) is 0. The van der Waals surface area contributed by atoms with E-state index in [0.29, 0.717) is 0 Å². The largest absolute Gasteiger partial charge is 2.00 e. The quantitative estimate of drug-likeness (QED) is 0.553. The van der Waals surface area contributed by atoms with Gasteiger partial charge in [0.25, 0.3) is 0 Å². The van der Waals surface area contributed by atoms with Crippen molar-refractivity contribution in [1.82, 2.24) is 0 Å². The number of hydrogen-bond donors (Lipinski definition) is 0. The first-order valence-corrected chi connectivity index (χ1v) is 0. The van der Waals surface area contributed by atoms with E-state index in [9.17, 15) is 0 Å². The molecule has 0 radical (unpaired) electrons. The Labute approximate surface area is 112 Å². The van der Waals surface area contributed by atoms with Crippen LogP contribution in [-0.4, -0.2) is 37.7 Å². The van der Waals surface area contributed by atoms with Crippen LogP contribution in [0.15, 0.2) is 0 Å². The first kappa shape index (κ1) is 39.0. The van der Waals surface area contributed by atoms with Crippen LogP contribution in [0.5, 0.6) is 0 Å². The molecule has 0 atom stereocenters. The normalized spacial score (nSPS) is 0. The molecule has 0 nitrogen and oxygen atoms in total. The van der Waals surface area contributed by atoms with Crippen LogP contribution in [0.2, 0.25) is 0 Å². The Kier molecular flexibility index (Phi) is 202. The van der Waals surface area contributed by atoms with Crippen LogP contribution in [0.1, 0.15) is 2.85 Å². The van der Waals surface area contributed by atoms with Gasteiger partial charge in [-0.25, -0.2) is 0 Å². The summed E-state index contributed by atoms with van der Waals surface area (Å²) < 4.78 is 0. The summed E-state index contributed by atoms with van der Waals surface area (Å²) in [5.41, 5.74) is 0. The summed E-state index contributed by atoms with van der Waals surface area (Å²) in [4.78, 5) is 0. The molecular formula is H6CaCdS2Zn. The second kappa shape index (κ2) is 25.8. The van der Waals surface area contributed by atoms with Crippen molar-refractivity contribution >= 4 is 64.7 Å². The summed E-state index contributed by atoms with van der Waals surface area (Å²) in [5.74, 6) is 0. The zero-order valence-electron chi connectivity index (χ0n) is 5.12. The molecule has 24 valence electrons. The summed E-state index contributed by atoms with van der Waals surface area (Å²) >= 11 is 0. The predicted molar refractivity (Wildman–Crippen MR) is 28.7 cm³/mol. The molecule has 0 fully saturated rings. The van der Waals surface area contributed by atoms with Crippen molar-refractivity contribution in [2.45, 2.75) is 0 Å². The smallest absolute Gasteiger partial charge is 1.00 e. The van der Waals surface area contributed by atoms with Crippen LogP contribution in [0.4, 0.5) is 0 Å². The summed E-state index contributed by atoms with van der Waals surface area (Å²) in [7, 11) is 0. The molecule has 0 aromatic heterocycles. The van der Waals surface area contributed by atoms with E-state index in [1.165, 1.54) is 0 Å². The molecule has 5 heavy (non-hydrogen) atoms. The molecule has 0 rings (SSSR count). The van der Waals surface area contributed by atoms with Gasteiger partial charge in [-0.15, -0.1) is 0 Å². The van der Waals surface area contributed by atoms with Crippen LogP contribution in [0.3, 0.4) is 0 Å². The molecule has 0 aromatic rings. The van der Waals surface area contributed by atoms with Gasteiger partial charge in [-0.2, -0.15) is 27.0 Å². The van der Waals surface area contributed by atoms with E-state index < -0.39 is 0 Å². The van der Waals surface area contributed by atoms with Gasteiger partial charge < -0.3 is 2.85 Å². The molecule has 0 saturated carbocycles. The molecule has 0 aliphatic heterocycles. The Morgan fingerprint density at radius 3 is 1.00 bits per heavy atom. The number of hydrogen-bond acceptors (Lipinski definition) is 0. The zero-order chi connectivity index (χ0) is 0. The molecule has 0 bridgehead atoms. The minimum Gasteiger partial charge on any atom is -1.00 e. The Hall–Kier alpha value is 3.51. The summed E-state index contributed by atoms with van der Waals surface area (Å²) in [6.07, 6.45) is 0. The standard InChI is InChI=1S/Ca.Cd.2H2S.Zn.2H/h;;2*1H2;;;/q+2;;;;;2*-1. The van der Waals surface area contributed by atoms with Crippen LogP contribution >= 0.6 is 27.0 Å². The molecule has 0 spiro atoms. The molecule has 0 amide bonds. The molecule has 5 heteroatoms. The maximum Gasteiger partial charge on any atom is 2.00 e. The Bertz CT molecular complexity index is 15.7. The van der Waals surface area contributed by atoms with E-state index >= 15 is 0 Å². The maximum absolute atomic E-state index is 0. The first-order valence-electron chi connectivity index (χ1n) is 0. The van der Waals surface area contributed by atoms with Gasteiger partial charge >= 0.3 is 37.7 Å². The van der Waals surface area contributed by atoms with E-state index in [2.05, 4.69) is 0 Å². The molecule has 0 aromatic carbocycles. The number of rotatable bonds is 0. The fraction of sp³-hybridized carbons (Fsp3) is 0. The van der Waals surface area contributed by atoms with E-state index in [0.717, 1.165) is 0 Å². The molecule has 0 N–H and O–H groups in total. The Morgan fingerprint density at radius 2 is 1.00 bits per heavy atom. The van der Waals surface area contributed by atoms with E-state index in [-0.39, 0.29) is 114 Å². The first-order chi connectivity index (χ1) is 0. The minimum atomic E-state index is 0. The van der Waals surface area contributed by atoms with Crippen LogP contribution in [0, 0.1) is 0 Å². The second-order valence-electron chi connectivity index (χ2n) is 0. The van der Waals surface area contributed by atoms with E-state index in [1.807, 2.05) is 0 Å². The fourth-order valence-electron chi connectivity index (χ4n) is 0. The van der Waals surface area contributed by atoms with E-state index in [4.69, 9.17) is 0 Å². The third-order valence-electron chi connectivity index (χ3n) is 0. The average molecular weight is 288 g/mol. The van der Waals surface area contributed by atoms with Gasteiger partial charge in [0.1, 0.15) is 0 Å². The predicted octanol–water partition coefficient (Wildman–Crippen LogP) is 0.0648. The Morgan fingerprint density at radius 1 is 1.00 bits per heavy atom.